The van der Waals surface area contributed by atoms with Crippen molar-refractivity contribution in [1.29, 1.82) is 0 Å². The van der Waals surface area contributed by atoms with Crippen LogP contribution in [0.3, 0.4) is 0 Å². The van der Waals surface area contributed by atoms with Gasteiger partial charge in [-0.2, -0.15) is 0 Å². The van der Waals surface area contributed by atoms with Gasteiger partial charge in [0.25, 0.3) is 0 Å². The van der Waals surface area contributed by atoms with E-state index < -0.39 is 0 Å². The standard InChI is InChI=1S/C8H16O2/c1-2-6-9-8-5-3-4-7-10-8/h8H,2-7H2,1H3. The molecule has 1 aliphatic heterocycles. The number of hydrogen-bond acceptors (Lipinski definition) is 2. The normalized spacial score (nSPS) is 26.7. The van der Waals surface area contributed by atoms with E-state index in [0.29, 0.717) is 0 Å². The Kier molecular flexibility index (Phi) is 3.76. The quantitative estimate of drug-likeness (QED) is 0.602. The molecule has 0 aliphatic carbocycles. The fourth-order valence-corrected chi connectivity index (χ4v) is 1.09. The van der Waals surface area contributed by atoms with Crippen LogP contribution < -0.4 is 0 Å². The van der Waals surface area contributed by atoms with Crippen LogP contribution in [0.2, 0.25) is 0 Å². The third kappa shape index (κ3) is 2.67. The summed E-state index contributed by atoms with van der Waals surface area (Å²) in [4.78, 5) is 0. The summed E-state index contributed by atoms with van der Waals surface area (Å²) in [5.74, 6) is 0. The molecule has 1 aliphatic rings. The van der Waals surface area contributed by atoms with E-state index in [1.165, 1.54) is 12.8 Å². The largest absolute Gasteiger partial charge is 0.353 e. The van der Waals surface area contributed by atoms with Crippen molar-refractivity contribution >= 4 is 0 Å². The molecule has 0 aromatic carbocycles. The molecule has 2 heteroatoms. The molecule has 60 valence electrons. The summed E-state index contributed by atoms with van der Waals surface area (Å²) < 4.78 is 10.8. The van der Waals surface area contributed by atoms with Gasteiger partial charge in [0.15, 0.2) is 6.29 Å². The Balaban J connectivity index is 2.02. The molecule has 1 atom stereocenters. The van der Waals surface area contributed by atoms with Crippen molar-refractivity contribution in [2.24, 2.45) is 0 Å². The fraction of sp³-hybridized carbons (Fsp3) is 1.00. The highest BCUT2D eigenvalue weighted by Gasteiger charge is 2.12. The SMILES string of the molecule is CCCOC1CCCCO1. The van der Waals surface area contributed by atoms with E-state index in [1.807, 2.05) is 0 Å². The topological polar surface area (TPSA) is 18.5 Å². The van der Waals surface area contributed by atoms with Crippen molar-refractivity contribution < 1.29 is 9.47 Å². The number of rotatable bonds is 3. The lowest BCUT2D eigenvalue weighted by molar-refractivity contribution is -0.162. The van der Waals surface area contributed by atoms with Crippen molar-refractivity contribution in [2.75, 3.05) is 13.2 Å². The van der Waals surface area contributed by atoms with Gasteiger partial charge in [0.05, 0.1) is 0 Å². The molecule has 0 spiro atoms. The maximum atomic E-state index is 5.41. The smallest absolute Gasteiger partial charge is 0.157 e. The molecule has 0 saturated carbocycles. The van der Waals surface area contributed by atoms with Crippen molar-refractivity contribution in [3.8, 4) is 0 Å². The second-order valence-electron chi connectivity index (χ2n) is 2.67. The second-order valence-corrected chi connectivity index (χ2v) is 2.67. The predicted octanol–water partition coefficient (Wildman–Crippen LogP) is 1.94. The van der Waals surface area contributed by atoms with E-state index in [9.17, 15) is 0 Å². The zero-order valence-electron chi connectivity index (χ0n) is 6.64. The summed E-state index contributed by atoms with van der Waals surface area (Å²) in [6.07, 6.45) is 4.73. The first-order chi connectivity index (χ1) is 4.93. The average Bonchev–Trinajstić information content (AvgIpc) is 2.03. The van der Waals surface area contributed by atoms with Gasteiger partial charge in [-0.1, -0.05) is 6.92 Å². The third-order valence-corrected chi connectivity index (χ3v) is 1.65. The Hall–Kier alpha value is -0.0800. The molecule has 0 bridgehead atoms. The predicted molar refractivity (Wildman–Crippen MR) is 39.8 cm³/mol. The van der Waals surface area contributed by atoms with Crippen LogP contribution in [0.25, 0.3) is 0 Å². The third-order valence-electron chi connectivity index (χ3n) is 1.65. The summed E-state index contributed by atoms with van der Waals surface area (Å²) in [6.45, 7) is 3.84. The van der Waals surface area contributed by atoms with Gasteiger partial charge in [-0.05, 0) is 25.7 Å². The van der Waals surface area contributed by atoms with Crippen LogP contribution in [0.5, 0.6) is 0 Å². The fourth-order valence-electron chi connectivity index (χ4n) is 1.09. The van der Waals surface area contributed by atoms with Crippen LogP contribution in [0, 0.1) is 0 Å². The Morgan fingerprint density at radius 2 is 2.40 bits per heavy atom. The van der Waals surface area contributed by atoms with Gasteiger partial charge in [-0.3, -0.25) is 0 Å². The molecule has 0 amide bonds. The molecule has 0 aromatic rings. The number of ether oxygens (including phenoxy) is 2. The minimum atomic E-state index is 0.105. The molecular weight excluding hydrogens is 128 g/mol. The zero-order valence-corrected chi connectivity index (χ0v) is 6.64. The Labute approximate surface area is 62.5 Å². The minimum absolute atomic E-state index is 0.105. The van der Waals surface area contributed by atoms with Gasteiger partial charge in [0, 0.05) is 13.2 Å². The lowest BCUT2D eigenvalue weighted by atomic mass is 10.2. The molecule has 2 nitrogen and oxygen atoms in total. The Bertz CT molecular complexity index is 77.3. The zero-order chi connectivity index (χ0) is 7.23. The molecule has 1 unspecified atom stereocenters. The first-order valence-corrected chi connectivity index (χ1v) is 4.16. The summed E-state index contributed by atoms with van der Waals surface area (Å²) in [7, 11) is 0. The molecule has 0 N–H and O–H groups in total. The molecule has 0 aromatic heterocycles. The second kappa shape index (κ2) is 4.69. The van der Waals surface area contributed by atoms with Crippen molar-refractivity contribution in [1.82, 2.24) is 0 Å². The van der Waals surface area contributed by atoms with E-state index in [4.69, 9.17) is 9.47 Å². The highest BCUT2D eigenvalue weighted by atomic mass is 16.7. The van der Waals surface area contributed by atoms with Gasteiger partial charge in [-0.15, -0.1) is 0 Å². The average molecular weight is 144 g/mol. The first kappa shape index (κ1) is 8.02. The van der Waals surface area contributed by atoms with E-state index in [0.717, 1.165) is 26.1 Å². The van der Waals surface area contributed by atoms with Crippen LogP contribution in [0.15, 0.2) is 0 Å². The summed E-state index contributed by atoms with van der Waals surface area (Å²) in [5, 5.41) is 0. The molecule has 10 heavy (non-hydrogen) atoms. The maximum Gasteiger partial charge on any atom is 0.157 e. The van der Waals surface area contributed by atoms with Crippen LogP contribution in [-0.4, -0.2) is 19.5 Å². The molecule has 1 saturated heterocycles. The summed E-state index contributed by atoms with van der Waals surface area (Å²) in [5.41, 5.74) is 0. The minimum Gasteiger partial charge on any atom is -0.353 e. The highest BCUT2D eigenvalue weighted by Crippen LogP contribution is 2.13. The highest BCUT2D eigenvalue weighted by molar-refractivity contribution is 4.53. The monoisotopic (exact) mass is 144 g/mol. The van der Waals surface area contributed by atoms with Crippen LogP contribution in [0.4, 0.5) is 0 Å². The van der Waals surface area contributed by atoms with Crippen molar-refractivity contribution in [3.63, 3.8) is 0 Å². The molecule has 1 fully saturated rings. The van der Waals surface area contributed by atoms with Crippen LogP contribution >= 0.6 is 0 Å². The van der Waals surface area contributed by atoms with E-state index in [-0.39, 0.29) is 6.29 Å². The lowest BCUT2D eigenvalue weighted by Crippen LogP contribution is -2.22. The van der Waals surface area contributed by atoms with Gasteiger partial charge in [0.2, 0.25) is 0 Å². The van der Waals surface area contributed by atoms with Crippen LogP contribution in [0.1, 0.15) is 32.6 Å². The molecule has 1 rings (SSSR count). The molecular formula is C8H16O2. The van der Waals surface area contributed by atoms with E-state index in [2.05, 4.69) is 6.92 Å². The Morgan fingerprint density at radius 1 is 1.50 bits per heavy atom. The van der Waals surface area contributed by atoms with E-state index in [1.54, 1.807) is 0 Å². The van der Waals surface area contributed by atoms with E-state index >= 15 is 0 Å². The van der Waals surface area contributed by atoms with Gasteiger partial charge < -0.3 is 9.47 Å². The van der Waals surface area contributed by atoms with Crippen LogP contribution in [-0.2, 0) is 9.47 Å². The van der Waals surface area contributed by atoms with Gasteiger partial charge >= 0.3 is 0 Å². The summed E-state index contributed by atoms with van der Waals surface area (Å²) in [6, 6.07) is 0. The van der Waals surface area contributed by atoms with Gasteiger partial charge in [-0.25, -0.2) is 0 Å². The van der Waals surface area contributed by atoms with Gasteiger partial charge in [0.1, 0.15) is 0 Å². The Morgan fingerprint density at radius 3 is 3.00 bits per heavy atom. The van der Waals surface area contributed by atoms with Crippen molar-refractivity contribution in [2.45, 2.75) is 38.9 Å². The van der Waals surface area contributed by atoms with Crippen molar-refractivity contribution in [3.05, 3.63) is 0 Å². The molecule has 1 heterocycles. The first-order valence-electron chi connectivity index (χ1n) is 4.16. The number of hydrogen-bond donors (Lipinski definition) is 0. The lowest BCUT2D eigenvalue weighted by Gasteiger charge is -2.22. The maximum absolute atomic E-state index is 5.41. The summed E-state index contributed by atoms with van der Waals surface area (Å²) >= 11 is 0. The molecule has 0 radical (unpaired) electrons.